The van der Waals surface area contributed by atoms with Crippen molar-refractivity contribution in [3.05, 3.63) is 41.3 Å². The molecule has 0 aliphatic carbocycles. The number of aromatic nitrogens is 2. The lowest BCUT2D eigenvalue weighted by Crippen LogP contribution is -2.01. The van der Waals surface area contributed by atoms with Gasteiger partial charge in [-0.1, -0.05) is 30.3 Å². The maximum Gasteiger partial charge on any atom is 0.177 e. The number of hydrogen-bond acceptors (Lipinski definition) is 2. The Labute approximate surface area is 117 Å². The average Bonchev–Trinajstić information content (AvgIpc) is 2.77. The van der Waals surface area contributed by atoms with E-state index in [0.29, 0.717) is 0 Å². The van der Waals surface area contributed by atoms with Crippen molar-refractivity contribution in [3.8, 4) is 11.3 Å². The molecule has 0 amide bonds. The van der Waals surface area contributed by atoms with Crippen LogP contribution in [0.15, 0.2) is 36.5 Å². The molecule has 0 radical (unpaired) electrons. The Morgan fingerprint density at radius 3 is 2.72 bits per heavy atom. The monoisotopic (exact) mass is 278 g/mol. The number of nitrogens with zero attached hydrogens (tertiary/aromatic N) is 1. The van der Waals surface area contributed by atoms with Crippen molar-refractivity contribution in [2.75, 3.05) is 12.0 Å². The van der Waals surface area contributed by atoms with Crippen molar-refractivity contribution in [3.63, 3.8) is 0 Å². The van der Waals surface area contributed by atoms with Crippen LogP contribution in [0.2, 0.25) is 0 Å². The molecule has 0 fully saturated rings. The van der Waals surface area contributed by atoms with Crippen LogP contribution >= 0.6 is 24.0 Å². The highest BCUT2D eigenvalue weighted by Crippen LogP contribution is 2.19. The van der Waals surface area contributed by atoms with Crippen LogP contribution < -0.4 is 0 Å². The van der Waals surface area contributed by atoms with Gasteiger partial charge in [-0.3, -0.25) is 0 Å². The molecule has 0 saturated heterocycles. The smallest absolute Gasteiger partial charge is 0.177 e. The second-order valence-electron chi connectivity index (χ2n) is 4.20. The lowest BCUT2D eigenvalue weighted by molar-refractivity contribution is 0.633. The van der Waals surface area contributed by atoms with E-state index in [1.54, 1.807) is 0 Å². The number of imidazole rings is 1. The van der Waals surface area contributed by atoms with Gasteiger partial charge in [0.1, 0.15) is 0 Å². The summed E-state index contributed by atoms with van der Waals surface area (Å²) in [7, 11) is 0. The highest BCUT2D eigenvalue weighted by atomic mass is 32.2. The second-order valence-corrected chi connectivity index (χ2v) is 5.57. The van der Waals surface area contributed by atoms with Gasteiger partial charge in [0, 0.05) is 12.7 Å². The van der Waals surface area contributed by atoms with Gasteiger partial charge in [-0.05, 0) is 42.6 Å². The SMILES string of the molecule is CSCCCCn1c(-c2ccccc2)c[nH]c1=S. The number of hydrogen-bond donors (Lipinski definition) is 1. The van der Waals surface area contributed by atoms with Gasteiger partial charge in [0.25, 0.3) is 0 Å². The molecule has 2 aromatic rings. The molecule has 2 nitrogen and oxygen atoms in total. The summed E-state index contributed by atoms with van der Waals surface area (Å²) in [6.45, 7) is 0.993. The first-order valence-corrected chi connectivity index (χ1v) is 7.95. The zero-order chi connectivity index (χ0) is 12.8. The third-order valence-electron chi connectivity index (χ3n) is 2.92. The van der Waals surface area contributed by atoms with Gasteiger partial charge in [0.2, 0.25) is 0 Å². The van der Waals surface area contributed by atoms with E-state index >= 15 is 0 Å². The Hall–Kier alpha value is -1.00. The molecular formula is C14H18N2S2. The van der Waals surface area contributed by atoms with Crippen LogP contribution in [0.1, 0.15) is 12.8 Å². The van der Waals surface area contributed by atoms with E-state index in [4.69, 9.17) is 12.2 Å². The van der Waals surface area contributed by atoms with E-state index in [1.165, 1.54) is 29.9 Å². The lowest BCUT2D eigenvalue weighted by atomic mass is 10.1. The number of nitrogens with one attached hydrogen (secondary N) is 1. The molecule has 0 aliphatic heterocycles. The Balaban J connectivity index is 2.15. The molecule has 0 unspecified atom stereocenters. The molecule has 1 aromatic heterocycles. The van der Waals surface area contributed by atoms with Gasteiger partial charge < -0.3 is 9.55 Å². The summed E-state index contributed by atoms with van der Waals surface area (Å²) < 4.78 is 3.02. The summed E-state index contributed by atoms with van der Waals surface area (Å²) in [6, 6.07) is 10.4. The zero-order valence-electron chi connectivity index (χ0n) is 10.6. The highest BCUT2D eigenvalue weighted by Gasteiger charge is 2.05. The Morgan fingerprint density at radius 1 is 1.22 bits per heavy atom. The Kier molecular flexibility index (Phi) is 5.08. The molecule has 96 valence electrons. The van der Waals surface area contributed by atoms with Crippen LogP contribution in [0.3, 0.4) is 0 Å². The van der Waals surface area contributed by atoms with Crippen LogP contribution in [-0.2, 0) is 6.54 Å². The first-order valence-electron chi connectivity index (χ1n) is 6.15. The van der Waals surface area contributed by atoms with Crippen LogP contribution in [0.5, 0.6) is 0 Å². The number of unbranched alkanes of at least 4 members (excludes halogenated alkanes) is 1. The Morgan fingerprint density at radius 2 is 2.00 bits per heavy atom. The number of thioether (sulfide) groups is 1. The number of H-pyrrole nitrogens is 1. The van der Waals surface area contributed by atoms with Gasteiger partial charge >= 0.3 is 0 Å². The fourth-order valence-corrected chi connectivity index (χ4v) is 2.72. The zero-order valence-corrected chi connectivity index (χ0v) is 12.2. The predicted octanol–water partition coefficient (Wildman–Crippen LogP) is 4.36. The summed E-state index contributed by atoms with van der Waals surface area (Å²) >= 11 is 7.25. The van der Waals surface area contributed by atoms with E-state index in [-0.39, 0.29) is 0 Å². The maximum atomic E-state index is 5.35. The highest BCUT2D eigenvalue weighted by molar-refractivity contribution is 7.98. The summed E-state index contributed by atoms with van der Waals surface area (Å²) in [4.78, 5) is 3.15. The third kappa shape index (κ3) is 3.27. The number of aromatic amines is 1. The number of rotatable bonds is 6. The van der Waals surface area contributed by atoms with Crippen LogP contribution in [0.4, 0.5) is 0 Å². The molecule has 1 N–H and O–H groups in total. The molecule has 4 heteroatoms. The minimum atomic E-state index is 0.818. The first kappa shape index (κ1) is 13.4. The van der Waals surface area contributed by atoms with Gasteiger partial charge in [0.05, 0.1) is 5.69 Å². The van der Waals surface area contributed by atoms with Gasteiger partial charge in [-0.15, -0.1) is 0 Å². The van der Waals surface area contributed by atoms with Crippen LogP contribution in [0, 0.1) is 4.77 Å². The van der Waals surface area contributed by atoms with Crippen LogP contribution in [-0.4, -0.2) is 21.6 Å². The molecule has 0 bridgehead atoms. The van der Waals surface area contributed by atoms with Crippen molar-refractivity contribution < 1.29 is 0 Å². The van der Waals surface area contributed by atoms with E-state index in [1.807, 2.05) is 24.0 Å². The molecule has 18 heavy (non-hydrogen) atoms. The van der Waals surface area contributed by atoms with Gasteiger partial charge in [0.15, 0.2) is 4.77 Å². The average molecular weight is 278 g/mol. The van der Waals surface area contributed by atoms with E-state index < -0.39 is 0 Å². The third-order valence-corrected chi connectivity index (χ3v) is 3.95. The molecule has 0 atom stereocenters. The molecule has 1 aromatic carbocycles. The van der Waals surface area contributed by atoms with Crippen molar-refractivity contribution in [2.45, 2.75) is 19.4 Å². The predicted molar refractivity (Wildman–Crippen MR) is 82.7 cm³/mol. The summed E-state index contributed by atoms with van der Waals surface area (Å²) in [5, 5.41) is 0. The Bertz CT molecular complexity index is 528. The van der Waals surface area contributed by atoms with Crippen molar-refractivity contribution in [1.82, 2.24) is 9.55 Å². The largest absolute Gasteiger partial charge is 0.337 e. The van der Waals surface area contributed by atoms with E-state index in [9.17, 15) is 0 Å². The fourth-order valence-electron chi connectivity index (χ4n) is 1.98. The minimum absolute atomic E-state index is 0.818. The van der Waals surface area contributed by atoms with E-state index in [2.05, 4.69) is 40.1 Å². The summed E-state index contributed by atoms with van der Waals surface area (Å²) in [6.07, 6.45) is 6.57. The standard InChI is InChI=1S/C14H18N2S2/c1-18-10-6-5-9-16-13(11-15-14(16)17)12-7-3-2-4-8-12/h2-4,7-8,11H,5-6,9-10H2,1H3,(H,15,17). The molecule has 0 spiro atoms. The maximum absolute atomic E-state index is 5.35. The number of benzene rings is 1. The van der Waals surface area contributed by atoms with E-state index in [0.717, 1.165) is 11.3 Å². The summed E-state index contributed by atoms with van der Waals surface area (Å²) in [5.74, 6) is 1.22. The second kappa shape index (κ2) is 6.81. The fraction of sp³-hybridized carbons (Fsp3) is 0.357. The van der Waals surface area contributed by atoms with Crippen molar-refractivity contribution in [2.24, 2.45) is 0 Å². The first-order chi connectivity index (χ1) is 8.83. The molecule has 2 rings (SSSR count). The van der Waals surface area contributed by atoms with Crippen molar-refractivity contribution >= 4 is 24.0 Å². The lowest BCUT2D eigenvalue weighted by Gasteiger charge is -2.08. The van der Waals surface area contributed by atoms with Gasteiger partial charge in [-0.25, -0.2) is 0 Å². The molecule has 1 heterocycles. The van der Waals surface area contributed by atoms with Crippen LogP contribution in [0.25, 0.3) is 11.3 Å². The minimum Gasteiger partial charge on any atom is -0.337 e. The van der Waals surface area contributed by atoms with Crippen molar-refractivity contribution in [1.29, 1.82) is 0 Å². The molecule has 0 aliphatic rings. The van der Waals surface area contributed by atoms with Gasteiger partial charge in [-0.2, -0.15) is 11.8 Å². The topological polar surface area (TPSA) is 20.7 Å². The summed E-state index contributed by atoms with van der Waals surface area (Å²) in [5.41, 5.74) is 2.40. The quantitative estimate of drug-likeness (QED) is 0.626. The molecule has 0 saturated carbocycles. The molecular weight excluding hydrogens is 260 g/mol. The normalized spacial score (nSPS) is 10.7.